The number of rotatable bonds is 6. The maximum Gasteiger partial charge on any atom is 0.279 e. The van der Waals surface area contributed by atoms with E-state index in [2.05, 4.69) is 14.7 Å². The van der Waals surface area contributed by atoms with Crippen LogP contribution in [0.5, 0.6) is 0 Å². The first kappa shape index (κ1) is 15.4. The molecule has 1 aromatic rings. The summed E-state index contributed by atoms with van der Waals surface area (Å²) in [6.07, 6.45) is 4.75. The molecule has 8 heteroatoms. The van der Waals surface area contributed by atoms with Crippen molar-refractivity contribution in [2.75, 3.05) is 19.6 Å². The molecule has 0 bridgehead atoms. The van der Waals surface area contributed by atoms with Crippen molar-refractivity contribution >= 4 is 10.2 Å². The molecule has 1 fully saturated rings. The van der Waals surface area contributed by atoms with Crippen LogP contribution in [0.4, 0.5) is 0 Å². The fraction of sp³-hybridized carbons (Fsp3) is 0.750. The van der Waals surface area contributed by atoms with Crippen molar-refractivity contribution < 1.29 is 13.2 Å². The number of morpholine rings is 1. The molecule has 114 valence electrons. The summed E-state index contributed by atoms with van der Waals surface area (Å²) in [6.45, 7) is 4.98. The van der Waals surface area contributed by atoms with Crippen LogP contribution in [0.15, 0.2) is 12.4 Å². The second-order valence-electron chi connectivity index (χ2n) is 5.11. The molecule has 1 aliphatic rings. The van der Waals surface area contributed by atoms with Gasteiger partial charge >= 0.3 is 0 Å². The SMILES string of the molecule is CC1CN(S(=O)(=O)NCCCc2ncc[nH]2)CC(C)O1. The van der Waals surface area contributed by atoms with Crippen LogP contribution < -0.4 is 4.72 Å². The molecule has 2 atom stereocenters. The summed E-state index contributed by atoms with van der Waals surface area (Å²) in [5.41, 5.74) is 0. The standard InChI is InChI=1S/C12H22N4O3S/c1-10-8-16(9-11(2)19-10)20(17,18)15-5-3-4-12-13-6-7-14-12/h6-7,10-11,15H,3-5,8-9H2,1-2H3,(H,13,14). The zero-order valence-electron chi connectivity index (χ0n) is 11.9. The Hall–Kier alpha value is -0.960. The van der Waals surface area contributed by atoms with Gasteiger partial charge in [-0.15, -0.1) is 0 Å². The molecule has 2 unspecified atom stereocenters. The number of aromatic nitrogens is 2. The van der Waals surface area contributed by atoms with Crippen LogP contribution in [0.25, 0.3) is 0 Å². The third kappa shape index (κ3) is 4.27. The largest absolute Gasteiger partial charge is 0.373 e. The lowest BCUT2D eigenvalue weighted by Crippen LogP contribution is -2.52. The number of hydrogen-bond donors (Lipinski definition) is 2. The number of nitrogens with one attached hydrogen (secondary N) is 2. The Balaban J connectivity index is 1.78. The van der Waals surface area contributed by atoms with E-state index >= 15 is 0 Å². The minimum Gasteiger partial charge on any atom is -0.373 e. The summed E-state index contributed by atoms with van der Waals surface area (Å²) in [6, 6.07) is 0. The van der Waals surface area contributed by atoms with Crippen LogP contribution in [-0.4, -0.2) is 54.5 Å². The van der Waals surface area contributed by atoms with Crippen LogP contribution >= 0.6 is 0 Å². The highest BCUT2D eigenvalue weighted by Crippen LogP contribution is 2.13. The highest BCUT2D eigenvalue weighted by molar-refractivity contribution is 7.87. The van der Waals surface area contributed by atoms with Crippen LogP contribution in [0, 0.1) is 0 Å². The van der Waals surface area contributed by atoms with Gasteiger partial charge in [0.25, 0.3) is 10.2 Å². The monoisotopic (exact) mass is 302 g/mol. The maximum absolute atomic E-state index is 12.2. The summed E-state index contributed by atoms with van der Waals surface area (Å²) >= 11 is 0. The molecular weight excluding hydrogens is 280 g/mol. The lowest BCUT2D eigenvalue weighted by atomic mass is 10.3. The summed E-state index contributed by atoms with van der Waals surface area (Å²) in [5.74, 6) is 0.873. The minimum absolute atomic E-state index is 0.0709. The van der Waals surface area contributed by atoms with Gasteiger partial charge in [-0.2, -0.15) is 12.7 Å². The summed E-state index contributed by atoms with van der Waals surface area (Å²) < 4.78 is 34.0. The smallest absolute Gasteiger partial charge is 0.279 e. The molecule has 0 amide bonds. The normalized spacial score (nSPS) is 24.9. The zero-order valence-corrected chi connectivity index (χ0v) is 12.7. The Morgan fingerprint density at radius 3 is 2.75 bits per heavy atom. The molecule has 2 heterocycles. The van der Waals surface area contributed by atoms with E-state index in [4.69, 9.17) is 4.74 Å². The van der Waals surface area contributed by atoms with Crippen molar-refractivity contribution in [2.45, 2.75) is 38.9 Å². The van der Waals surface area contributed by atoms with Gasteiger partial charge in [0.1, 0.15) is 5.82 Å². The molecule has 1 aromatic heterocycles. The molecule has 0 saturated carbocycles. The van der Waals surface area contributed by atoms with E-state index in [1.165, 1.54) is 4.31 Å². The second kappa shape index (κ2) is 6.66. The van der Waals surface area contributed by atoms with E-state index in [1.54, 1.807) is 12.4 Å². The molecule has 0 spiro atoms. The predicted molar refractivity (Wildman–Crippen MR) is 75.4 cm³/mol. The molecular formula is C12H22N4O3S. The zero-order chi connectivity index (χ0) is 14.6. The van der Waals surface area contributed by atoms with E-state index in [-0.39, 0.29) is 12.2 Å². The van der Waals surface area contributed by atoms with E-state index < -0.39 is 10.2 Å². The van der Waals surface area contributed by atoms with E-state index in [1.807, 2.05) is 13.8 Å². The van der Waals surface area contributed by atoms with Crippen molar-refractivity contribution in [3.63, 3.8) is 0 Å². The van der Waals surface area contributed by atoms with Crippen LogP contribution in [-0.2, 0) is 21.4 Å². The van der Waals surface area contributed by atoms with Crippen molar-refractivity contribution in [3.8, 4) is 0 Å². The molecule has 1 aliphatic heterocycles. The molecule has 0 radical (unpaired) electrons. The second-order valence-corrected chi connectivity index (χ2v) is 6.87. The first-order chi connectivity index (χ1) is 9.47. The van der Waals surface area contributed by atoms with Crippen molar-refractivity contribution in [2.24, 2.45) is 0 Å². The van der Waals surface area contributed by atoms with Gasteiger partial charge < -0.3 is 9.72 Å². The van der Waals surface area contributed by atoms with Gasteiger partial charge in [-0.05, 0) is 20.3 Å². The molecule has 20 heavy (non-hydrogen) atoms. The minimum atomic E-state index is -3.42. The van der Waals surface area contributed by atoms with Gasteiger partial charge in [-0.25, -0.2) is 9.71 Å². The Kier molecular flexibility index (Phi) is 5.14. The molecule has 0 aromatic carbocycles. The highest BCUT2D eigenvalue weighted by Gasteiger charge is 2.30. The summed E-state index contributed by atoms with van der Waals surface area (Å²) in [7, 11) is -3.42. The lowest BCUT2D eigenvalue weighted by Gasteiger charge is -2.34. The molecule has 1 saturated heterocycles. The van der Waals surface area contributed by atoms with Gasteiger partial charge in [-0.3, -0.25) is 0 Å². The summed E-state index contributed by atoms with van der Waals surface area (Å²) in [5, 5.41) is 0. The van der Waals surface area contributed by atoms with Gasteiger partial charge in [-0.1, -0.05) is 0 Å². The van der Waals surface area contributed by atoms with E-state index in [9.17, 15) is 8.42 Å². The molecule has 7 nitrogen and oxygen atoms in total. The third-order valence-electron chi connectivity index (χ3n) is 3.16. The van der Waals surface area contributed by atoms with E-state index in [0.29, 0.717) is 26.1 Å². The Labute approximate surface area is 119 Å². The number of ether oxygens (including phenoxy) is 1. The topological polar surface area (TPSA) is 87.3 Å². The Morgan fingerprint density at radius 1 is 1.45 bits per heavy atom. The first-order valence-corrected chi connectivity index (χ1v) is 8.30. The first-order valence-electron chi connectivity index (χ1n) is 6.86. The predicted octanol–water partition coefficient (Wildman–Crippen LogP) is 0.286. The number of H-pyrrole nitrogens is 1. The van der Waals surface area contributed by atoms with Crippen LogP contribution in [0.1, 0.15) is 26.1 Å². The number of nitrogens with zero attached hydrogens (tertiary/aromatic N) is 2. The van der Waals surface area contributed by atoms with Gasteiger partial charge in [0.15, 0.2) is 0 Å². The molecule has 2 rings (SSSR count). The van der Waals surface area contributed by atoms with Gasteiger partial charge in [0.2, 0.25) is 0 Å². The quantitative estimate of drug-likeness (QED) is 0.739. The lowest BCUT2D eigenvalue weighted by molar-refractivity contribution is -0.0443. The fourth-order valence-corrected chi connectivity index (χ4v) is 3.71. The van der Waals surface area contributed by atoms with Gasteiger partial charge in [0.05, 0.1) is 12.2 Å². The van der Waals surface area contributed by atoms with Crippen LogP contribution in [0.3, 0.4) is 0 Å². The number of aryl methyl sites for hydroxylation is 1. The molecule has 0 aliphatic carbocycles. The van der Waals surface area contributed by atoms with Crippen molar-refractivity contribution in [3.05, 3.63) is 18.2 Å². The Bertz CT molecular complexity index is 493. The van der Waals surface area contributed by atoms with Crippen LogP contribution in [0.2, 0.25) is 0 Å². The number of hydrogen-bond acceptors (Lipinski definition) is 4. The Morgan fingerprint density at radius 2 is 2.15 bits per heavy atom. The van der Waals surface area contributed by atoms with Gasteiger partial charge in [0, 0.05) is 38.4 Å². The average molecular weight is 302 g/mol. The highest BCUT2D eigenvalue weighted by atomic mass is 32.2. The third-order valence-corrected chi connectivity index (χ3v) is 4.70. The maximum atomic E-state index is 12.2. The number of aromatic amines is 1. The number of imidazole rings is 1. The summed E-state index contributed by atoms with van der Waals surface area (Å²) in [4.78, 5) is 7.09. The average Bonchev–Trinajstić information content (AvgIpc) is 2.86. The fourth-order valence-electron chi connectivity index (χ4n) is 2.31. The van der Waals surface area contributed by atoms with E-state index in [0.717, 1.165) is 12.2 Å². The van der Waals surface area contributed by atoms with Crippen molar-refractivity contribution in [1.29, 1.82) is 0 Å². The van der Waals surface area contributed by atoms with Crippen molar-refractivity contribution in [1.82, 2.24) is 19.0 Å². The molecule has 2 N–H and O–H groups in total.